The largest absolute Gasteiger partial charge is 0.463 e. The number of aromatic nitrogens is 5. The number of hydrogen-bond acceptors (Lipinski definition) is 7. The number of rotatable bonds is 8. The summed E-state index contributed by atoms with van der Waals surface area (Å²) in [6.45, 7) is 5.12. The lowest BCUT2D eigenvalue weighted by Crippen LogP contribution is -2.35. The molecule has 2 aliphatic rings. The Morgan fingerprint density at radius 2 is 2.11 bits per heavy atom. The van der Waals surface area contributed by atoms with E-state index in [1.54, 1.807) is 12.3 Å². The van der Waals surface area contributed by atoms with Crippen molar-refractivity contribution in [1.82, 2.24) is 30.5 Å². The number of nitrogens with zero attached hydrogens (tertiary/aromatic N) is 5. The summed E-state index contributed by atoms with van der Waals surface area (Å²) >= 11 is 0. The van der Waals surface area contributed by atoms with Crippen molar-refractivity contribution in [2.24, 2.45) is 5.92 Å². The van der Waals surface area contributed by atoms with Crippen LogP contribution in [0.25, 0.3) is 11.0 Å². The van der Waals surface area contributed by atoms with Gasteiger partial charge in [-0.05, 0) is 38.3 Å². The highest BCUT2D eigenvalue weighted by atomic mass is 19.3. The third-order valence-electron chi connectivity index (χ3n) is 6.87. The lowest BCUT2D eigenvalue weighted by Gasteiger charge is -2.32. The number of piperidine rings is 1. The topological polar surface area (TPSA) is 109 Å². The van der Waals surface area contributed by atoms with E-state index < -0.39 is 11.8 Å². The van der Waals surface area contributed by atoms with Crippen LogP contribution in [0.5, 0.6) is 6.01 Å². The van der Waals surface area contributed by atoms with E-state index in [0.29, 0.717) is 30.5 Å². The molecule has 1 aliphatic heterocycles. The summed E-state index contributed by atoms with van der Waals surface area (Å²) in [4.78, 5) is 27.8. The molecule has 1 saturated carbocycles. The Morgan fingerprint density at radius 1 is 1.34 bits per heavy atom. The van der Waals surface area contributed by atoms with Crippen molar-refractivity contribution >= 4 is 22.8 Å². The van der Waals surface area contributed by atoms with Crippen LogP contribution in [0.1, 0.15) is 61.6 Å². The first-order chi connectivity index (χ1) is 16.8. The van der Waals surface area contributed by atoms with Crippen molar-refractivity contribution in [2.75, 3.05) is 24.6 Å². The normalized spacial score (nSPS) is 20.6. The highest BCUT2D eigenvalue weighted by molar-refractivity contribution is 5.93. The SMILES string of the molecule is CC[C@@H](C)NC(=O)c1cc(N2CCC(c3[nH]nc4ncccc34)CC2)nc(OCC2CC2(F)F)n1. The van der Waals surface area contributed by atoms with Crippen LogP contribution in [0.2, 0.25) is 0 Å². The maximum atomic E-state index is 13.3. The lowest BCUT2D eigenvalue weighted by atomic mass is 9.92. The second-order valence-electron chi connectivity index (χ2n) is 9.42. The number of carbonyl (C=O) groups is 1. The molecule has 2 atom stereocenters. The van der Waals surface area contributed by atoms with Crippen LogP contribution in [0.4, 0.5) is 14.6 Å². The van der Waals surface area contributed by atoms with Crippen LogP contribution in [-0.4, -0.2) is 62.7 Å². The first kappa shape index (κ1) is 23.4. The fourth-order valence-corrected chi connectivity index (χ4v) is 4.36. The van der Waals surface area contributed by atoms with E-state index in [4.69, 9.17) is 4.74 Å². The fourth-order valence-electron chi connectivity index (χ4n) is 4.36. The number of hydrogen-bond donors (Lipinski definition) is 2. The molecule has 186 valence electrons. The van der Waals surface area contributed by atoms with Crippen LogP contribution in [0, 0.1) is 5.92 Å². The van der Waals surface area contributed by atoms with Gasteiger partial charge in [0.05, 0.1) is 5.92 Å². The maximum Gasteiger partial charge on any atom is 0.319 e. The minimum Gasteiger partial charge on any atom is -0.463 e. The van der Waals surface area contributed by atoms with Gasteiger partial charge in [0.1, 0.15) is 18.1 Å². The van der Waals surface area contributed by atoms with Gasteiger partial charge in [0.15, 0.2) is 5.65 Å². The number of nitrogens with one attached hydrogen (secondary N) is 2. The van der Waals surface area contributed by atoms with E-state index in [1.165, 1.54) is 0 Å². The Balaban J connectivity index is 1.32. The van der Waals surface area contributed by atoms with Gasteiger partial charge < -0.3 is 15.0 Å². The lowest BCUT2D eigenvalue weighted by molar-refractivity contribution is 0.0836. The van der Waals surface area contributed by atoms with Gasteiger partial charge >= 0.3 is 6.01 Å². The molecule has 35 heavy (non-hydrogen) atoms. The molecule has 0 bridgehead atoms. The molecular formula is C24H29F2N7O2. The van der Waals surface area contributed by atoms with E-state index >= 15 is 0 Å². The summed E-state index contributed by atoms with van der Waals surface area (Å²) in [6, 6.07) is 5.50. The Hall–Kier alpha value is -3.37. The summed E-state index contributed by atoms with van der Waals surface area (Å²) in [5.41, 5.74) is 1.96. The fraction of sp³-hybridized carbons (Fsp3) is 0.542. The molecule has 2 fully saturated rings. The Kier molecular flexibility index (Phi) is 6.24. The van der Waals surface area contributed by atoms with Crippen LogP contribution in [0.3, 0.4) is 0 Å². The standard InChI is InChI=1S/C24H29F2N7O2/c1-3-14(2)28-22(34)18-11-19(30-23(29-18)35-13-16-12-24(16,25)26)33-9-6-15(7-10-33)20-17-5-4-8-27-21(17)32-31-20/h4-5,8,11,14-16H,3,6-7,9-10,12-13H2,1-2H3,(H,28,34)(H,27,31,32)/t14-,16?/m1/s1. The third kappa shape index (κ3) is 5.03. The summed E-state index contributed by atoms with van der Waals surface area (Å²) in [5, 5.41) is 11.4. The minimum atomic E-state index is -2.69. The van der Waals surface area contributed by atoms with Crippen molar-refractivity contribution < 1.29 is 18.3 Å². The molecular weight excluding hydrogens is 456 g/mol. The number of anilines is 1. The van der Waals surface area contributed by atoms with E-state index in [9.17, 15) is 13.6 Å². The molecule has 5 rings (SSSR count). The Morgan fingerprint density at radius 3 is 2.83 bits per heavy atom. The van der Waals surface area contributed by atoms with Crippen molar-refractivity contribution in [3.05, 3.63) is 35.8 Å². The molecule has 0 spiro atoms. The molecule has 1 unspecified atom stereocenters. The van der Waals surface area contributed by atoms with Crippen molar-refractivity contribution in [3.63, 3.8) is 0 Å². The Bertz CT molecular complexity index is 1210. The second-order valence-corrected chi connectivity index (χ2v) is 9.42. The molecule has 1 aliphatic carbocycles. The molecule has 4 heterocycles. The number of amides is 1. The van der Waals surface area contributed by atoms with Crippen molar-refractivity contribution in [1.29, 1.82) is 0 Å². The molecule has 9 nitrogen and oxygen atoms in total. The quantitative estimate of drug-likeness (QED) is 0.501. The minimum absolute atomic E-state index is 0.0232. The molecule has 2 N–H and O–H groups in total. The van der Waals surface area contributed by atoms with E-state index in [0.717, 1.165) is 30.3 Å². The summed E-state index contributed by atoms with van der Waals surface area (Å²) in [7, 11) is 0. The van der Waals surface area contributed by atoms with Crippen LogP contribution < -0.4 is 15.0 Å². The molecule has 3 aromatic rings. The number of aromatic amines is 1. The highest BCUT2D eigenvalue weighted by Gasteiger charge is 2.57. The first-order valence-corrected chi connectivity index (χ1v) is 12.1. The average Bonchev–Trinajstić information content (AvgIpc) is 3.27. The molecule has 3 aromatic heterocycles. The number of halogens is 2. The third-order valence-corrected chi connectivity index (χ3v) is 6.87. The number of carbonyl (C=O) groups excluding carboxylic acids is 1. The second kappa shape index (κ2) is 9.35. The van der Waals surface area contributed by atoms with Crippen LogP contribution >= 0.6 is 0 Å². The molecule has 1 amide bonds. The van der Waals surface area contributed by atoms with Gasteiger partial charge in [0, 0.05) is 54.8 Å². The smallest absolute Gasteiger partial charge is 0.319 e. The monoisotopic (exact) mass is 485 g/mol. The summed E-state index contributed by atoms with van der Waals surface area (Å²) < 4.78 is 32.1. The summed E-state index contributed by atoms with van der Waals surface area (Å²) in [6.07, 6.45) is 4.02. The van der Waals surface area contributed by atoms with Crippen molar-refractivity contribution in [3.8, 4) is 6.01 Å². The number of pyridine rings is 1. The van der Waals surface area contributed by atoms with Gasteiger partial charge in [-0.2, -0.15) is 15.1 Å². The zero-order chi connectivity index (χ0) is 24.6. The molecule has 11 heteroatoms. The van der Waals surface area contributed by atoms with Crippen molar-refractivity contribution in [2.45, 2.75) is 57.4 Å². The molecule has 1 saturated heterocycles. The van der Waals surface area contributed by atoms with Gasteiger partial charge in [0.2, 0.25) is 0 Å². The van der Waals surface area contributed by atoms with Gasteiger partial charge in [-0.15, -0.1) is 0 Å². The predicted molar refractivity (Wildman–Crippen MR) is 126 cm³/mol. The predicted octanol–water partition coefficient (Wildman–Crippen LogP) is 3.69. The van der Waals surface area contributed by atoms with E-state index in [-0.39, 0.29) is 36.7 Å². The Labute approximate surface area is 201 Å². The highest BCUT2D eigenvalue weighted by Crippen LogP contribution is 2.48. The van der Waals surface area contributed by atoms with E-state index in [2.05, 4.69) is 35.4 Å². The average molecular weight is 486 g/mol. The van der Waals surface area contributed by atoms with Crippen LogP contribution in [-0.2, 0) is 0 Å². The van der Waals surface area contributed by atoms with Gasteiger partial charge in [-0.3, -0.25) is 9.89 Å². The number of alkyl halides is 2. The summed E-state index contributed by atoms with van der Waals surface area (Å²) in [5.74, 6) is -3.01. The van der Waals surface area contributed by atoms with Gasteiger partial charge in [-0.1, -0.05) is 6.92 Å². The molecule has 0 radical (unpaired) electrons. The number of fused-ring (bicyclic) bond motifs is 1. The van der Waals surface area contributed by atoms with E-state index in [1.807, 2.05) is 26.0 Å². The van der Waals surface area contributed by atoms with Gasteiger partial charge in [-0.25, -0.2) is 13.8 Å². The van der Waals surface area contributed by atoms with Crippen LogP contribution in [0.15, 0.2) is 24.4 Å². The zero-order valence-electron chi connectivity index (χ0n) is 19.8. The maximum absolute atomic E-state index is 13.3. The number of H-pyrrole nitrogens is 1. The zero-order valence-corrected chi connectivity index (χ0v) is 19.8. The number of ether oxygens (including phenoxy) is 1. The molecule has 0 aromatic carbocycles. The first-order valence-electron chi connectivity index (χ1n) is 12.1. The van der Waals surface area contributed by atoms with Gasteiger partial charge in [0.25, 0.3) is 11.8 Å².